The van der Waals surface area contributed by atoms with Crippen LogP contribution in [0.1, 0.15) is 46.0 Å². The zero-order valence-corrected chi connectivity index (χ0v) is 9.52. The van der Waals surface area contributed by atoms with Gasteiger partial charge in [-0.15, -0.1) is 0 Å². The normalized spacial score (nSPS) is 13.4. The van der Waals surface area contributed by atoms with Gasteiger partial charge < -0.3 is 3.79 Å². The Morgan fingerprint density at radius 2 is 2.00 bits per heavy atom. The van der Waals surface area contributed by atoms with Gasteiger partial charge in [-0.1, -0.05) is 33.1 Å². The largest absolute Gasteiger partial charge is 0.504 e. The molecule has 2 heteroatoms. The van der Waals surface area contributed by atoms with E-state index >= 15 is 0 Å². The van der Waals surface area contributed by atoms with E-state index < -0.39 is 0 Å². The molecule has 10 heavy (non-hydrogen) atoms. The van der Waals surface area contributed by atoms with Crippen LogP contribution in [0.4, 0.5) is 0 Å². The van der Waals surface area contributed by atoms with Crippen molar-refractivity contribution in [1.82, 2.24) is 0 Å². The Morgan fingerprint density at radius 3 is 2.40 bits per heavy atom. The lowest BCUT2D eigenvalue weighted by atomic mass is 10.1. The first-order chi connectivity index (χ1) is 4.85. The van der Waals surface area contributed by atoms with Crippen LogP contribution in [0.25, 0.3) is 0 Å². The van der Waals surface area contributed by atoms with Gasteiger partial charge >= 0.3 is 16.6 Å². The Bertz CT molecular complexity index is 62.3. The second-order valence-electron chi connectivity index (χ2n) is 2.76. The van der Waals surface area contributed by atoms with E-state index in [4.69, 9.17) is 3.79 Å². The zero-order chi connectivity index (χ0) is 7.82. The molecule has 0 aromatic heterocycles. The van der Waals surface area contributed by atoms with Crippen molar-refractivity contribution in [3.05, 3.63) is 0 Å². The van der Waals surface area contributed by atoms with Crippen LogP contribution in [0.2, 0.25) is 0 Å². The van der Waals surface area contributed by atoms with Gasteiger partial charge in [0.05, 0.1) is 0 Å². The molecular formula is C8H19AlO. The molecule has 0 rings (SSSR count). The maximum atomic E-state index is 5.38. The summed E-state index contributed by atoms with van der Waals surface area (Å²) in [6, 6.07) is 0. The molecular weight excluding hydrogens is 139 g/mol. The van der Waals surface area contributed by atoms with Crippen LogP contribution >= 0.6 is 0 Å². The smallest absolute Gasteiger partial charge is 0.410 e. The third-order valence-electron chi connectivity index (χ3n) is 1.92. The highest BCUT2D eigenvalue weighted by atomic mass is 27.1. The molecule has 1 nitrogen and oxygen atoms in total. The molecule has 0 aromatic rings. The van der Waals surface area contributed by atoms with Gasteiger partial charge in [0.25, 0.3) is 0 Å². The van der Waals surface area contributed by atoms with Gasteiger partial charge in [-0.25, -0.2) is 0 Å². The lowest BCUT2D eigenvalue weighted by Crippen LogP contribution is -2.08. The first-order valence-electron chi connectivity index (χ1n) is 4.37. The fourth-order valence-corrected chi connectivity index (χ4v) is 1.68. The van der Waals surface area contributed by atoms with Gasteiger partial charge in [0, 0.05) is 6.10 Å². The summed E-state index contributed by atoms with van der Waals surface area (Å²) in [4.78, 5) is 0. The van der Waals surface area contributed by atoms with Crippen molar-refractivity contribution in [3.8, 4) is 0 Å². The van der Waals surface area contributed by atoms with Crippen LogP contribution in [0.5, 0.6) is 0 Å². The summed E-state index contributed by atoms with van der Waals surface area (Å²) in [6.07, 6.45) is 7.05. The number of unbranched alkanes of at least 4 members (excludes halogenated alkanes) is 2. The van der Waals surface area contributed by atoms with Crippen LogP contribution < -0.4 is 0 Å². The fourth-order valence-electron chi connectivity index (χ4n) is 1.11. The van der Waals surface area contributed by atoms with Gasteiger partial charge in [0.15, 0.2) is 0 Å². The summed E-state index contributed by atoms with van der Waals surface area (Å²) in [7, 11) is 0. The Balaban J connectivity index is 3.09. The van der Waals surface area contributed by atoms with Gasteiger partial charge in [-0.2, -0.15) is 0 Å². The first-order valence-corrected chi connectivity index (χ1v) is 5.19. The maximum absolute atomic E-state index is 5.38. The molecule has 60 valence electrons. The topological polar surface area (TPSA) is 9.23 Å². The summed E-state index contributed by atoms with van der Waals surface area (Å²) in [5, 5.41) is 0. The molecule has 0 heterocycles. The summed E-state index contributed by atoms with van der Waals surface area (Å²) in [5.74, 6) is 0. The van der Waals surface area contributed by atoms with E-state index in [0.29, 0.717) is 6.10 Å². The second kappa shape index (κ2) is 7.60. The van der Waals surface area contributed by atoms with E-state index in [1.165, 1.54) is 32.1 Å². The Morgan fingerprint density at radius 1 is 1.30 bits per heavy atom. The van der Waals surface area contributed by atoms with Crippen LogP contribution in [0, 0.1) is 0 Å². The predicted molar refractivity (Wildman–Crippen MR) is 47.9 cm³/mol. The van der Waals surface area contributed by atoms with Gasteiger partial charge in [-0.05, 0) is 12.8 Å². The predicted octanol–water partition coefficient (Wildman–Crippen LogP) is 1.91. The molecule has 0 amide bonds. The monoisotopic (exact) mass is 158 g/mol. The Hall–Kier alpha value is 0.492. The summed E-state index contributed by atoms with van der Waals surface area (Å²) >= 11 is 0.900. The standard InChI is InChI=1S/C8H17O.Al.2H/c1-3-5-6-7-8(9)4-2;;;/h8H,3-7H2,1-2H3;;;/q-1;+1;;. The lowest BCUT2D eigenvalue weighted by Gasteiger charge is -2.13. The SMILES string of the molecule is CCCCCC(CC)[O][AlH2]. The van der Waals surface area contributed by atoms with E-state index in [0.717, 1.165) is 16.6 Å². The summed E-state index contributed by atoms with van der Waals surface area (Å²) < 4.78 is 5.38. The maximum Gasteiger partial charge on any atom is 0.410 e. The van der Waals surface area contributed by atoms with Gasteiger partial charge in [0.2, 0.25) is 0 Å². The van der Waals surface area contributed by atoms with Crippen LogP contribution in [0.3, 0.4) is 0 Å². The zero-order valence-electron chi connectivity index (χ0n) is 7.52. The van der Waals surface area contributed by atoms with E-state index in [1.54, 1.807) is 0 Å². The number of rotatable bonds is 6. The van der Waals surface area contributed by atoms with Crippen molar-refractivity contribution in [2.45, 2.75) is 52.1 Å². The molecule has 0 aromatic carbocycles. The minimum Gasteiger partial charge on any atom is -0.504 e. The average molecular weight is 158 g/mol. The van der Waals surface area contributed by atoms with Crippen molar-refractivity contribution in [3.63, 3.8) is 0 Å². The Kier molecular flexibility index (Phi) is 7.97. The van der Waals surface area contributed by atoms with Crippen molar-refractivity contribution < 1.29 is 3.79 Å². The van der Waals surface area contributed by atoms with Crippen LogP contribution in [-0.2, 0) is 3.79 Å². The van der Waals surface area contributed by atoms with Crippen molar-refractivity contribution >= 4 is 16.6 Å². The molecule has 1 atom stereocenters. The van der Waals surface area contributed by atoms with Crippen molar-refractivity contribution in [1.29, 1.82) is 0 Å². The number of hydrogen-bond donors (Lipinski definition) is 0. The van der Waals surface area contributed by atoms with Crippen molar-refractivity contribution in [2.75, 3.05) is 0 Å². The molecule has 0 spiro atoms. The van der Waals surface area contributed by atoms with E-state index in [9.17, 15) is 0 Å². The molecule has 1 unspecified atom stereocenters. The first kappa shape index (κ1) is 10.5. The molecule has 0 N–H and O–H groups in total. The third kappa shape index (κ3) is 5.29. The van der Waals surface area contributed by atoms with Crippen LogP contribution in [0.15, 0.2) is 0 Å². The second-order valence-corrected chi connectivity index (χ2v) is 3.23. The van der Waals surface area contributed by atoms with E-state index in [1.807, 2.05) is 0 Å². The van der Waals surface area contributed by atoms with E-state index in [2.05, 4.69) is 13.8 Å². The number of hydrogen-bond acceptors (Lipinski definition) is 1. The highest BCUT2D eigenvalue weighted by molar-refractivity contribution is 5.98. The fraction of sp³-hybridized carbons (Fsp3) is 1.00. The molecule has 0 bridgehead atoms. The summed E-state index contributed by atoms with van der Waals surface area (Å²) in [6.45, 7) is 4.44. The molecule has 0 aliphatic rings. The highest BCUT2D eigenvalue weighted by Gasteiger charge is 2.00. The van der Waals surface area contributed by atoms with E-state index in [-0.39, 0.29) is 0 Å². The minimum absolute atomic E-state index is 0.568. The molecule has 0 aliphatic heterocycles. The molecule has 0 aliphatic carbocycles. The van der Waals surface area contributed by atoms with Gasteiger partial charge in [0.1, 0.15) is 0 Å². The highest BCUT2D eigenvalue weighted by Crippen LogP contribution is 2.07. The quantitative estimate of drug-likeness (QED) is 0.424. The molecule has 0 fully saturated rings. The van der Waals surface area contributed by atoms with Crippen molar-refractivity contribution in [2.24, 2.45) is 0 Å². The Labute approximate surface area is 72.9 Å². The summed E-state index contributed by atoms with van der Waals surface area (Å²) in [5.41, 5.74) is 0. The third-order valence-corrected chi connectivity index (χ3v) is 2.58. The van der Waals surface area contributed by atoms with Gasteiger partial charge in [-0.3, -0.25) is 0 Å². The van der Waals surface area contributed by atoms with Crippen LogP contribution in [-0.4, -0.2) is 22.7 Å². The molecule has 0 saturated heterocycles. The lowest BCUT2D eigenvalue weighted by molar-refractivity contribution is 0.200. The molecule has 0 saturated carbocycles. The minimum atomic E-state index is 0.568. The molecule has 0 radical (unpaired) electrons. The average Bonchev–Trinajstić information content (AvgIpc) is 1.99.